The molecule has 3 aliphatic heterocycles. The van der Waals surface area contributed by atoms with Crippen LogP contribution >= 0.6 is 0 Å². The molecule has 59 heavy (non-hydrogen) atoms. The number of anilines is 5. The number of nitrogens with one attached hydrogen (secondary N) is 2. The fourth-order valence-electron chi connectivity index (χ4n) is 7.90. The number of halogens is 4. The molecular weight excluding hydrogens is 771 g/mol. The van der Waals surface area contributed by atoms with Gasteiger partial charge in [-0.2, -0.15) is 13.2 Å². The molecule has 3 aromatic carbocycles. The van der Waals surface area contributed by atoms with Gasteiger partial charge in [0.05, 0.1) is 54.2 Å². The monoisotopic (exact) mass is 817 g/mol. The molecule has 2 fully saturated rings. The van der Waals surface area contributed by atoms with E-state index in [1.807, 2.05) is 26.8 Å². The van der Waals surface area contributed by atoms with E-state index in [0.717, 1.165) is 11.6 Å². The maximum atomic E-state index is 15.7. The number of hydrogen-bond donors (Lipinski definition) is 3. The Bertz CT molecular complexity index is 2350. The van der Waals surface area contributed by atoms with Gasteiger partial charge in [-0.3, -0.25) is 19.3 Å². The van der Waals surface area contributed by atoms with E-state index in [-0.39, 0.29) is 65.2 Å². The summed E-state index contributed by atoms with van der Waals surface area (Å²) in [4.78, 5) is 49.3. The Hall–Kier alpha value is -5.58. The summed E-state index contributed by atoms with van der Waals surface area (Å²) in [5.74, 6) is -1.94. The Labute approximate surface area is 339 Å². The first kappa shape index (κ1) is 41.6. The van der Waals surface area contributed by atoms with Crippen molar-refractivity contribution >= 4 is 40.4 Å². The molecule has 0 aliphatic carbocycles. The highest BCUT2D eigenvalue weighted by Crippen LogP contribution is 2.39. The molecule has 7 rings (SSSR count). The van der Waals surface area contributed by atoms with Crippen LogP contribution in [0.1, 0.15) is 54.2 Å². The minimum absolute atomic E-state index is 0.00821. The van der Waals surface area contributed by atoms with Gasteiger partial charge in [-0.05, 0) is 65.8 Å². The lowest BCUT2D eigenvalue weighted by atomic mass is 9.84. The van der Waals surface area contributed by atoms with Crippen LogP contribution in [0.3, 0.4) is 0 Å². The molecule has 12 nitrogen and oxygen atoms in total. The number of amides is 2. The van der Waals surface area contributed by atoms with Gasteiger partial charge in [0.2, 0.25) is 5.91 Å². The summed E-state index contributed by atoms with van der Waals surface area (Å²) in [6.45, 7) is 10.0. The van der Waals surface area contributed by atoms with Crippen LogP contribution in [0.5, 0.6) is 0 Å². The fourth-order valence-corrected chi connectivity index (χ4v) is 7.90. The molecule has 3 aliphatic rings. The van der Waals surface area contributed by atoms with E-state index in [0.29, 0.717) is 55.0 Å². The van der Waals surface area contributed by atoms with Crippen LogP contribution in [0.4, 0.5) is 46.1 Å². The predicted molar refractivity (Wildman–Crippen MR) is 218 cm³/mol. The van der Waals surface area contributed by atoms with Crippen molar-refractivity contribution in [1.82, 2.24) is 14.5 Å². The Morgan fingerprint density at radius 2 is 1.81 bits per heavy atom. The molecule has 0 bridgehead atoms. The van der Waals surface area contributed by atoms with Crippen molar-refractivity contribution in [2.45, 2.75) is 63.9 Å². The summed E-state index contributed by atoms with van der Waals surface area (Å²) in [6, 6.07) is 10.8. The van der Waals surface area contributed by atoms with Gasteiger partial charge >= 0.3 is 6.18 Å². The van der Waals surface area contributed by atoms with Crippen LogP contribution in [0.2, 0.25) is 0 Å². The van der Waals surface area contributed by atoms with Gasteiger partial charge in [0.15, 0.2) is 5.82 Å². The fraction of sp³-hybridized carbons (Fsp3) is 0.395. The number of aliphatic hydroxyl groups excluding tert-OH is 1. The van der Waals surface area contributed by atoms with Crippen LogP contribution in [0.25, 0.3) is 11.3 Å². The predicted octanol–water partition coefficient (Wildman–Crippen LogP) is 6.29. The highest BCUT2D eigenvalue weighted by atomic mass is 19.4. The second-order valence-electron chi connectivity index (χ2n) is 16.1. The third kappa shape index (κ3) is 8.34. The number of alkyl halides is 3. The van der Waals surface area contributed by atoms with Gasteiger partial charge in [-0.15, -0.1) is 0 Å². The van der Waals surface area contributed by atoms with Crippen LogP contribution in [0, 0.1) is 5.82 Å². The number of aliphatic hydroxyl groups is 1. The molecule has 2 saturated heterocycles. The number of carbonyl (C=O) groups is 2. The third-order valence-electron chi connectivity index (χ3n) is 11.2. The van der Waals surface area contributed by atoms with Crippen LogP contribution in [0.15, 0.2) is 72.2 Å². The molecule has 16 heteroatoms. The number of fused-ring (bicyclic) bond motifs is 1. The molecule has 1 unspecified atom stereocenters. The molecule has 1 atom stereocenters. The number of hydrogen-bond acceptors (Lipinski definition) is 9. The number of aryl methyl sites for hydroxylation is 2. The third-order valence-corrected chi connectivity index (χ3v) is 11.2. The summed E-state index contributed by atoms with van der Waals surface area (Å²) >= 11 is 0. The van der Waals surface area contributed by atoms with Crippen molar-refractivity contribution in [1.29, 1.82) is 0 Å². The quantitative estimate of drug-likeness (QED) is 0.132. The van der Waals surface area contributed by atoms with Gasteiger partial charge in [0.25, 0.3) is 11.5 Å². The van der Waals surface area contributed by atoms with E-state index >= 15 is 4.39 Å². The van der Waals surface area contributed by atoms with Crippen molar-refractivity contribution in [2.24, 2.45) is 7.05 Å². The second-order valence-corrected chi connectivity index (χ2v) is 16.1. The minimum Gasteiger partial charge on any atom is -0.392 e. The number of carbonyl (C=O) groups excluding carboxylic acids is 2. The van der Waals surface area contributed by atoms with Gasteiger partial charge in [-0.1, -0.05) is 45.5 Å². The van der Waals surface area contributed by atoms with Crippen molar-refractivity contribution in [3.63, 3.8) is 0 Å². The highest BCUT2D eigenvalue weighted by Gasteiger charge is 2.48. The van der Waals surface area contributed by atoms with E-state index < -0.39 is 42.0 Å². The first-order valence-electron chi connectivity index (χ1n) is 19.4. The van der Waals surface area contributed by atoms with E-state index in [4.69, 9.17) is 4.74 Å². The first-order chi connectivity index (χ1) is 28.0. The number of benzene rings is 3. The largest absolute Gasteiger partial charge is 0.409 e. The molecule has 1 aromatic heterocycles. The lowest BCUT2D eigenvalue weighted by Crippen LogP contribution is -2.64. The van der Waals surface area contributed by atoms with E-state index in [9.17, 15) is 32.7 Å². The summed E-state index contributed by atoms with van der Waals surface area (Å²) in [6.07, 6.45) is -1.07. The van der Waals surface area contributed by atoms with Gasteiger partial charge < -0.3 is 34.8 Å². The average molecular weight is 818 g/mol. The van der Waals surface area contributed by atoms with E-state index in [1.165, 1.54) is 51.9 Å². The zero-order valence-electron chi connectivity index (χ0n) is 33.3. The maximum absolute atomic E-state index is 15.7. The molecule has 3 N–H and O–H groups in total. The summed E-state index contributed by atoms with van der Waals surface area (Å²) < 4.78 is 65.9. The molecule has 0 saturated carbocycles. The van der Waals surface area contributed by atoms with E-state index in [2.05, 4.69) is 22.2 Å². The van der Waals surface area contributed by atoms with Gasteiger partial charge in [0, 0.05) is 56.2 Å². The number of rotatable bonds is 9. The summed E-state index contributed by atoms with van der Waals surface area (Å²) in [5, 5.41) is 16.4. The number of nitrogens with zero attached hydrogens (tertiary/aromatic N) is 5. The molecular formula is C43H47F4N7O5. The Kier molecular flexibility index (Phi) is 11.4. The van der Waals surface area contributed by atoms with Gasteiger partial charge in [-0.25, -0.2) is 9.37 Å². The lowest BCUT2D eigenvalue weighted by molar-refractivity contribution is -0.165. The Morgan fingerprint density at radius 1 is 1.05 bits per heavy atom. The van der Waals surface area contributed by atoms with Gasteiger partial charge in [0.1, 0.15) is 11.9 Å². The zero-order chi connectivity index (χ0) is 42.4. The van der Waals surface area contributed by atoms with Crippen LogP contribution < -0.4 is 26.0 Å². The van der Waals surface area contributed by atoms with Crippen LogP contribution in [-0.4, -0.2) is 89.0 Å². The first-order valence-corrected chi connectivity index (χ1v) is 19.4. The highest BCUT2D eigenvalue weighted by molar-refractivity contribution is 6.08. The molecule has 312 valence electrons. The van der Waals surface area contributed by atoms with E-state index in [1.54, 1.807) is 23.1 Å². The SMILES string of the molecule is C=CC(=O)Nc1cc(Nc2nc(-c3cccc(N4CCCc5cc(C(C)(C)C)cc(F)c5C4=O)c3CO)cn(C)c2=O)ccc1N1CCN(C2COC2)CC1C(F)(F)F. The Morgan fingerprint density at radius 3 is 2.47 bits per heavy atom. The average Bonchev–Trinajstić information content (AvgIpc) is 3.33. The maximum Gasteiger partial charge on any atom is 0.409 e. The second kappa shape index (κ2) is 16.2. The number of aromatic nitrogens is 2. The normalized spacial score (nSPS) is 17.9. The van der Waals surface area contributed by atoms with Crippen LogP contribution in [-0.2, 0) is 35.0 Å². The molecule has 4 heterocycles. The molecule has 2 amide bonds. The summed E-state index contributed by atoms with van der Waals surface area (Å²) in [5.41, 5.74) is 2.33. The van der Waals surface area contributed by atoms with Crippen molar-refractivity contribution in [3.8, 4) is 11.3 Å². The number of ether oxygens (including phenoxy) is 1. The Balaban J connectivity index is 1.22. The smallest absolute Gasteiger partial charge is 0.392 e. The molecule has 0 spiro atoms. The topological polar surface area (TPSA) is 132 Å². The lowest BCUT2D eigenvalue weighted by Gasteiger charge is -2.48. The van der Waals surface area contributed by atoms with Crippen molar-refractivity contribution in [2.75, 3.05) is 59.8 Å². The minimum atomic E-state index is -4.58. The van der Waals surface area contributed by atoms with Crippen molar-refractivity contribution in [3.05, 3.63) is 106 Å². The molecule has 4 aromatic rings. The zero-order valence-corrected chi connectivity index (χ0v) is 33.3. The number of piperazine rings is 1. The summed E-state index contributed by atoms with van der Waals surface area (Å²) in [7, 11) is 1.51. The molecule has 0 radical (unpaired) electrons. The van der Waals surface area contributed by atoms with Crippen molar-refractivity contribution < 1.29 is 37.0 Å². The standard InChI is InChI=1S/C43H47F4N7O5/c1-6-37(56)49-32-19-27(12-13-35(32)53-16-15-52(28-23-59-24-28)21-36(53)43(45,46)47)48-39-41(58)51(5)20-33(50-39)29-10-7-11-34(30(29)22-55)54-14-8-9-25-17-26(42(2,3)4)18-31(44)38(25)40(54)57/h6-7,10-13,17-20,28,36,55H,1,8-9,14-16,21-24H2,2-5H3,(H,48,50)(H,49,56).